The number of carbonyl (C=O) groups excluding carboxylic acids is 1. The number of para-hydroxylation sites is 1. The van der Waals surface area contributed by atoms with Crippen molar-refractivity contribution in [3.05, 3.63) is 80.7 Å². The molecule has 25 heavy (non-hydrogen) atoms. The van der Waals surface area contributed by atoms with Crippen molar-refractivity contribution in [2.45, 2.75) is 0 Å². The molecule has 3 rings (SSSR count). The molecule has 1 heterocycles. The fraction of sp³-hybridized carbons (Fsp3) is 0. The summed E-state index contributed by atoms with van der Waals surface area (Å²) in [4.78, 5) is 24.4. The van der Waals surface area contributed by atoms with Gasteiger partial charge in [0.1, 0.15) is 5.69 Å². The Morgan fingerprint density at radius 3 is 2.32 bits per heavy atom. The van der Waals surface area contributed by atoms with Gasteiger partial charge in [0.2, 0.25) is 0 Å². The minimum atomic E-state index is -0.512. The molecule has 126 valence electrons. The second kappa shape index (κ2) is 6.96. The van der Waals surface area contributed by atoms with E-state index >= 15 is 0 Å². The average molecular weight is 375 g/mol. The Hall–Kier alpha value is -2.83. The number of nitrogens with two attached hydrogens (primary N) is 1. The highest BCUT2D eigenvalue weighted by Crippen LogP contribution is 2.31. The maximum absolute atomic E-state index is 12.4. The lowest BCUT2D eigenvalue weighted by atomic mass is 10.2. The second-order valence-corrected chi connectivity index (χ2v) is 5.93. The molecule has 0 saturated heterocycles. The highest BCUT2D eigenvalue weighted by atomic mass is 35.5. The Balaban J connectivity index is 1.92. The predicted molar refractivity (Wildman–Crippen MR) is 98.7 cm³/mol. The zero-order chi connectivity index (χ0) is 18.0. The van der Waals surface area contributed by atoms with Crippen LogP contribution < -0.4 is 16.6 Å². The van der Waals surface area contributed by atoms with Crippen LogP contribution in [-0.2, 0) is 0 Å². The van der Waals surface area contributed by atoms with E-state index in [1.807, 2.05) is 6.07 Å². The molecular weight excluding hydrogens is 363 g/mol. The summed E-state index contributed by atoms with van der Waals surface area (Å²) < 4.78 is 1.15. The van der Waals surface area contributed by atoms with Crippen LogP contribution >= 0.6 is 23.2 Å². The molecule has 0 spiro atoms. The summed E-state index contributed by atoms with van der Waals surface area (Å²) in [5.41, 5.74) is 6.54. The van der Waals surface area contributed by atoms with Crippen molar-refractivity contribution in [3.63, 3.8) is 0 Å². The molecule has 0 aliphatic rings. The summed E-state index contributed by atoms with van der Waals surface area (Å²) in [5.74, 6) is -0.512. The van der Waals surface area contributed by atoms with Crippen LogP contribution in [0.2, 0.25) is 10.0 Å². The standard InChI is InChI=1S/C17H12Cl2N4O2/c18-12-8-10(9-13(19)16(12)20)21-17(25)14-6-7-15(24)23(22-14)11-4-2-1-3-5-11/h1-9H,20H2,(H,21,25). The van der Waals surface area contributed by atoms with Crippen molar-refractivity contribution in [2.24, 2.45) is 0 Å². The van der Waals surface area contributed by atoms with E-state index in [-0.39, 0.29) is 27.0 Å². The molecule has 0 unspecified atom stereocenters. The molecule has 0 fully saturated rings. The van der Waals surface area contributed by atoms with Gasteiger partial charge in [-0.1, -0.05) is 41.4 Å². The summed E-state index contributed by atoms with van der Waals surface area (Å²) in [6, 6.07) is 14.4. The van der Waals surface area contributed by atoms with E-state index in [9.17, 15) is 9.59 Å². The van der Waals surface area contributed by atoms with E-state index < -0.39 is 5.91 Å². The number of halogens is 2. The number of nitrogens with zero attached hydrogens (tertiary/aromatic N) is 2. The summed E-state index contributed by atoms with van der Waals surface area (Å²) in [6.07, 6.45) is 0. The van der Waals surface area contributed by atoms with E-state index in [1.165, 1.54) is 24.3 Å². The number of anilines is 2. The lowest BCUT2D eigenvalue weighted by molar-refractivity contribution is 0.102. The van der Waals surface area contributed by atoms with Crippen LogP contribution in [0.25, 0.3) is 5.69 Å². The molecule has 6 nitrogen and oxygen atoms in total. The van der Waals surface area contributed by atoms with Gasteiger partial charge in [-0.05, 0) is 30.3 Å². The highest BCUT2D eigenvalue weighted by Gasteiger charge is 2.13. The number of hydrogen-bond acceptors (Lipinski definition) is 4. The summed E-state index contributed by atoms with van der Waals surface area (Å²) >= 11 is 11.9. The first-order chi connectivity index (χ1) is 12.0. The zero-order valence-electron chi connectivity index (χ0n) is 12.7. The number of nitrogens with one attached hydrogen (secondary N) is 1. The van der Waals surface area contributed by atoms with E-state index in [1.54, 1.807) is 24.3 Å². The van der Waals surface area contributed by atoms with Gasteiger partial charge in [-0.25, -0.2) is 0 Å². The number of carbonyl (C=O) groups is 1. The molecule has 0 aliphatic heterocycles. The Kier molecular flexibility index (Phi) is 4.74. The highest BCUT2D eigenvalue weighted by molar-refractivity contribution is 6.39. The molecule has 0 aliphatic carbocycles. The van der Waals surface area contributed by atoms with Gasteiger partial charge < -0.3 is 11.1 Å². The SMILES string of the molecule is Nc1c(Cl)cc(NC(=O)c2ccc(=O)n(-c3ccccc3)n2)cc1Cl. The minimum Gasteiger partial charge on any atom is -0.396 e. The van der Waals surface area contributed by atoms with Crippen LogP contribution in [-0.4, -0.2) is 15.7 Å². The Morgan fingerprint density at radius 1 is 1.04 bits per heavy atom. The Morgan fingerprint density at radius 2 is 1.68 bits per heavy atom. The van der Waals surface area contributed by atoms with Crippen molar-refractivity contribution in [1.82, 2.24) is 9.78 Å². The van der Waals surface area contributed by atoms with E-state index in [4.69, 9.17) is 28.9 Å². The van der Waals surface area contributed by atoms with E-state index in [0.29, 0.717) is 11.4 Å². The van der Waals surface area contributed by atoms with Crippen LogP contribution in [0.4, 0.5) is 11.4 Å². The molecule has 2 aromatic carbocycles. The van der Waals surface area contributed by atoms with Gasteiger partial charge in [-0.2, -0.15) is 9.78 Å². The number of rotatable bonds is 3. The molecule has 3 N–H and O–H groups in total. The largest absolute Gasteiger partial charge is 0.396 e. The van der Waals surface area contributed by atoms with Crippen molar-refractivity contribution < 1.29 is 4.79 Å². The van der Waals surface area contributed by atoms with Gasteiger partial charge in [0.25, 0.3) is 11.5 Å². The number of hydrogen-bond donors (Lipinski definition) is 2. The van der Waals surface area contributed by atoms with Crippen molar-refractivity contribution in [3.8, 4) is 5.69 Å². The molecule has 0 atom stereocenters. The number of aromatic nitrogens is 2. The van der Waals surface area contributed by atoms with E-state index in [2.05, 4.69) is 10.4 Å². The summed E-state index contributed by atoms with van der Waals surface area (Å²) in [6.45, 7) is 0. The zero-order valence-corrected chi connectivity index (χ0v) is 14.3. The molecule has 0 radical (unpaired) electrons. The predicted octanol–water partition coefficient (Wildman–Crippen LogP) is 3.37. The summed E-state index contributed by atoms with van der Waals surface area (Å²) in [7, 11) is 0. The van der Waals surface area contributed by atoms with Crippen LogP contribution in [0.5, 0.6) is 0 Å². The first-order valence-electron chi connectivity index (χ1n) is 7.17. The fourth-order valence-electron chi connectivity index (χ4n) is 2.14. The third-order valence-corrected chi connectivity index (χ3v) is 4.00. The Bertz CT molecular complexity index is 980. The smallest absolute Gasteiger partial charge is 0.276 e. The maximum Gasteiger partial charge on any atom is 0.276 e. The molecule has 1 amide bonds. The number of nitrogen functional groups attached to an aromatic ring is 1. The molecule has 0 saturated carbocycles. The van der Waals surface area contributed by atoms with Crippen molar-refractivity contribution in [2.75, 3.05) is 11.1 Å². The van der Waals surface area contributed by atoms with Gasteiger partial charge in [0.05, 0.1) is 21.4 Å². The molecule has 1 aromatic heterocycles. The van der Waals surface area contributed by atoms with Crippen LogP contribution in [0.1, 0.15) is 10.5 Å². The minimum absolute atomic E-state index is 0.0625. The third-order valence-electron chi connectivity index (χ3n) is 3.37. The maximum atomic E-state index is 12.4. The van der Waals surface area contributed by atoms with Gasteiger partial charge >= 0.3 is 0 Å². The van der Waals surface area contributed by atoms with Crippen LogP contribution in [0.3, 0.4) is 0 Å². The topological polar surface area (TPSA) is 90.0 Å². The first kappa shape index (κ1) is 17.0. The molecular formula is C17H12Cl2N4O2. The summed E-state index contributed by atoms with van der Waals surface area (Å²) in [5, 5.41) is 7.18. The van der Waals surface area contributed by atoms with Gasteiger partial charge in [-0.15, -0.1) is 0 Å². The van der Waals surface area contributed by atoms with E-state index in [0.717, 1.165) is 4.68 Å². The van der Waals surface area contributed by atoms with Gasteiger partial charge in [0, 0.05) is 11.8 Å². The molecule has 0 bridgehead atoms. The fourth-order valence-corrected chi connectivity index (χ4v) is 2.63. The Labute approximate surface area is 152 Å². The molecule has 8 heteroatoms. The number of amides is 1. The van der Waals surface area contributed by atoms with Gasteiger partial charge in [0.15, 0.2) is 0 Å². The number of benzene rings is 2. The monoisotopic (exact) mass is 374 g/mol. The average Bonchev–Trinajstić information content (AvgIpc) is 2.60. The lowest BCUT2D eigenvalue weighted by Gasteiger charge is -2.09. The molecule has 3 aromatic rings. The van der Waals surface area contributed by atoms with Crippen LogP contribution in [0, 0.1) is 0 Å². The van der Waals surface area contributed by atoms with Crippen LogP contribution in [0.15, 0.2) is 59.4 Å². The third kappa shape index (κ3) is 3.65. The lowest BCUT2D eigenvalue weighted by Crippen LogP contribution is -2.24. The normalized spacial score (nSPS) is 10.5. The van der Waals surface area contributed by atoms with Crippen molar-refractivity contribution >= 4 is 40.5 Å². The van der Waals surface area contributed by atoms with Crippen molar-refractivity contribution in [1.29, 1.82) is 0 Å². The second-order valence-electron chi connectivity index (χ2n) is 5.11. The quantitative estimate of drug-likeness (QED) is 0.687. The van der Waals surface area contributed by atoms with Gasteiger partial charge in [-0.3, -0.25) is 9.59 Å². The first-order valence-corrected chi connectivity index (χ1v) is 7.93.